The van der Waals surface area contributed by atoms with Crippen LogP contribution in [-0.2, 0) is 4.79 Å². The van der Waals surface area contributed by atoms with Crippen molar-refractivity contribution in [3.05, 3.63) is 29.8 Å². The first kappa shape index (κ1) is 20.7. The summed E-state index contributed by atoms with van der Waals surface area (Å²) in [6.07, 6.45) is 1.66. The Morgan fingerprint density at radius 2 is 1.54 bits per heavy atom. The van der Waals surface area contributed by atoms with Crippen LogP contribution in [0.4, 0.5) is 5.69 Å². The van der Waals surface area contributed by atoms with Crippen LogP contribution in [0.25, 0.3) is 0 Å². The molecule has 0 spiro atoms. The Bertz CT molecular complexity index is 557. The van der Waals surface area contributed by atoms with Gasteiger partial charge < -0.3 is 19.8 Å². The minimum Gasteiger partial charge on any atom is -0.389 e. The SMILES string of the molecule is CC.Cc1ccc(N2CCN(C(=O)CC3(O)CCN(C)CC3)CC2)cc1. The van der Waals surface area contributed by atoms with E-state index in [1.807, 2.05) is 18.7 Å². The number of aryl methyl sites for hydroxylation is 1. The van der Waals surface area contributed by atoms with Crippen LogP contribution >= 0.6 is 0 Å². The molecule has 0 radical (unpaired) electrons. The number of likely N-dealkylation sites (tertiary alicyclic amines) is 1. The van der Waals surface area contributed by atoms with Crippen molar-refractivity contribution < 1.29 is 9.90 Å². The summed E-state index contributed by atoms with van der Waals surface area (Å²) in [4.78, 5) is 19.0. The fraction of sp³-hybridized carbons (Fsp3) is 0.667. The first-order valence-electron chi connectivity index (χ1n) is 9.96. The Kier molecular flexibility index (Phi) is 7.47. The normalized spacial score (nSPS) is 20.3. The number of anilines is 1. The third-order valence-electron chi connectivity index (χ3n) is 5.43. The number of hydrogen-bond donors (Lipinski definition) is 1. The lowest BCUT2D eigenvalue weighted by atomic mass is 9.88. The van der Waals surface area contributed by atoms with Crippen molar-refractivity contribution in [3.63, 3.8) is 0 Å². The number of carbonyl (C=O) groups is 1. The van der Waals surface area contributed by atoms with Gasteiger partial charge in [-0.3, -0.25) is 4.79 Å². The van der Waals surface area contributed by atoms with Crippen LogP contribution in [0.1, 0.15) is 38.7 Å². The van der Waals surface area contributed by atoms with Gasteiger partial charge in [0.2, 0.25) is 5.91 Å². The maximum Gasteiger partial charge on any atom is 0.225 e. The zero-order chi connectivity index (χ0) is 19.2. The molecule has 2 saturated heterocycles. The topological polar surface area (TPSA) is 47.0 Å². The van der Waals surface area contributed by atoms with Crippen molar-refractivity contribution in [2.45, 2.75) is 45.6 Å². The summed E-state index contributed by atoms with van der Waals surface area (Å²) in [5.41, 5.74) is 1.68. The molecule has 2 heterocycles. The molecule has 146 valence electrons. The lowest BCUT2D eigenvalue weighted by Crippen LogP contribution is -2.52. The van der Waals surface area contributed by atoms with E-state index in [-0.39, 0.29) is 12.3 Å². The molecule has 0 atom stereocenters. The zero-order valence-electron chi connectivity index (χ0n) is 16.9. The summed E-state index contributed by atoms with van der Waals surface area (Å²) in [6, 6.07) is 8.55. The van der Waals surface area contributed by atoms with E-state index in [9.17, 15) is 9.90 Å². The summed E-state index contributed by atoms with van der Waals surface area (Å²) in [7, 11) is 2.06. The van der Waals surface area contributed by atoms with E-state index < -0.39 is 5.60 Å². The molecule has 1 aromatic rings. The van der Waals surface area contributed by atoms with Crippen molar-refractivity contribution in [3.8, 4) is 0 Å². The van der Waals surface area contributed by atoms with Crippen LogP contribution < -0.4 is 4.90 Å². The van der Waals surface area contributed by atoms with Gasteiger partial charge in [0.1, 0.15) is 0 Å². The number of hydrogen-bond acceptors (Lipinski definition) is 4. The second-order valence-electron chi connectivity index (χ2n) is 7.41. The molecule has 1 N–H and O–H groups in total. The highest BCUT2D eigenvalue weighted by molar-refractivity contribution is 5.77. The third-order valence-corrected chi connectivity index (χ3v) is 5.43. The summed E-state index contributed by atoms with van der Waals surface area (Å²) in [5.74, 6) is 0.102. The average molecular weight is 362 g/mol. The standard InChI is InChI=1S/C19H29N3O2.C2H6/c1-16-3-5-17(6-4-16)21-11-13-22(14-12-21)18(23)15-19(24)7-9-20(2)10-8-19;1-2/h3-6,24H,7-15H2,1-2H3;1-2H3. The number of amides is 1. The quantitative estimate of drug-likeness (QED) is 0.899. The number of piperidine rings is 1. The molecule has 1 amide bonds. The molecule has 5 nitrogen and oxygen atoms in total. The Labute approximate surface area is 158 Å². The maximum absolute atomic E-state index is 12.6. The highest BCUT2D eigenvalue weighted by Gasteiger charge is 2.35. The van der Waals surface area contributed by atoms with E-state index in [0.717, 1.165) is 39.3 Å². The smallest absolute Gasteiger partial charge is 0.225 e. The van der Waals surface area contributed by atoms with E-state index in [2.05, 4.69) is 48.0 Å². The Morgan fingerprint density at radius 3 is 2.08 bits per heavy atom. The lowest BCUT2D eigenvalue weighted by Gasteiger charge is -2.40. The van der Waals surface area contributed by atoms with Crippen LogP contribution in [-0.4, -0.2) is 72.7 Å². The molecule has 26 heavy (non-hydrogen) atoms. The van der Waals surface area contributed by atoms with Gasteiger partial charge in [-0.25, -0.2) is 0 Å². The van der Waals surface area contributed by atoms with Crippen molar-refractivity contribution in [1.82, 2.24) is 9.80 Å². The Hall–Kier alpha value is -1.59. The number of carbonyl (C=O) groups excluding carboxylic acids is 1. The van der Waals surface area contributed by atoms with Gasteiger partial charge in [-0.2, -0.15) is 0 Å². The highest BCUT2D eigenvalue weighted by atomic mass is 16.3. The number of benzene rings is 1. The highest BCUT2D eigenvalue weighted by Crippen LogP contribution is 2.26. The number of aliphatic hydroxyl groups is 1. The van der Waals surface area contributed by atoms with Crippen LogP contribution in [0.3, 0.4) is 0 Å². The first-order valence-corrected chi connectivity index (χ1v) is 9.96. The van der Waals surface area contributed by atoms with Crippen LogP contribution in [0.15, 0.2) is 24.3 Å². The maximum atomic E-state index is 12.6. The summed E-state index contributed by atoms with van der Waals surface area (Å²) in [5, 5.41) is 10.7. The molecule has 0 aromatic heterocycles. The number of rotatable bonds is 3. The van der Waals surface area contributed by atoms with E-state index >= 15 is 0 Å². The first-order chi connectivity index (χ1) is 12.5. The molecule has 0 saturated carbocycles. The Balaban J connectivity index is 0.00000117. The molecule has 0 aliphatic carbocycles. The molecule has 1 aromatic carbocycles. The Morgan fingerprint density at radius 1 is 1.00 bits per heavy atom. The largest absolute Gasteiger partial charge is 0.389 e. The van der Waals surface area contributed by atoms with Gasteiger partial charge >= 0.3 is 0 Å². The van der Waals surface area contributed by atoms with E-state index in [4.69, 9.17) is 0 Å². The average Bonchev–Trinajstić information content (AvgIpc) is 2.67. The molecule has 0 bridgehead atoms. The fourth-order valence-electron chi connectivity index (χ4n) is 3.57. The predicted octanol–water partition coefficient (Wildman–Crippen LogP) is 2.52. The van der Waals surface area contributed by atoms with Gasteiger partial charge in [0.25, 0.3) is 0 Å². The van der Waals surface area contributed by atoms with Crippen LogP contribution in [0, 0.1) is 6.92 Å². The summed E-state index contributed by atoms with van der Waals surface area (Å²) < 4.78 is 0. The van der Waals surface area contributed by atoms with E-state index in [1.165, 1.54) is 11.3 Å². The number of nitrogens with zero attached hydrogens (tertiary/aromatic N) is 3. The molecule has 3 rings (SSSR count). The van der Waals surface area contributed by atoms with Gasteiger partial charge in [-0.15, -0.1) is 0 Å². The molecule has 2 fully saturated rings. The molecule has 5 heteroatoms. The van der Waals surface area contributed by atoms with Gasteiger partial charge in [0.05, 0.1) is 12.0 Å². The van der Waals surface area contributed by atoms with Crippen LogP contribution in [0.2, 0.25) is 0 Å². The van der Waals surface area contributed by atoms with E-state index in [0.29, 0.717) is 12.8 Å². The van der Waals surface area contributed by atoms with Crippen molar-refractivity contribution >= 4 is 11.6 Å². The number of piperazine rings is 1. The van der Waals surface area contributed by atoms with Gasteiger partial charge in [0.15, 0.2) is 0 Å². The third kappa shape index (κ3) is 5.45. The van der Waals surface area contributed by atoms with Gasteiger partial charge in [0, 0.05) is 45.0 Å². The minimum absolute atomic E-state index is 0.102. The second kappa shape index (κ2) is 9.38. The van der Waals surface area contributed by atoms with Gasteiger partial charge in [-0.1, -0.05) is 31.5 Å². The zero-order valence-corrected chi connectivity index (χ0v) is 16.9. The predicted molar refractivity (Wildman–Crippen MR) is 108 cm³/mol. The monoisotopic (exact) mass is 361 g/mol. The van der Waals surface area contributed by atoms with Gasteiger partial charge in [-0.05, 0) is 38.9 Å². The summed E-state index contributed by atoms with van der Waals surface area (Å²) >= 11 is 0. The minimum atomic E-state index is -0.808. The summed E-state index contributed by atoms with van der Waals surface area (Å²) in [6.45, 7) is 11.0. The second-order valence-corrected chi connectivity index (χ2v) is 7.41. The fourth-order valence-corrected chi connectivity index (χ4v) is 3.57. The molecule has 2 aliphatic heterocycles. The van der Waals surface area contributed by atoms with Crippen molar-refractivity contribution in [1.29, 1.82) is 0 Å². The van der Waals surface area contributed by atoms with Crippen LogP contribution in [0.5, 0.6) is 0 Å². The molecular weight excluding hydrogens is 326 g/mol. The van der Waals surface area contributed by atoms with Crippen molar-refractivity contribution in [2.24, 2.45) is 0 Å². The molecular formula is C21H35N3O2. The van der Waals surface area contributed by atoms with E-state index in [1.54, 1.807) is 0 Å². The molecule has 2 aliphatic rings. The lowest BCUT2D eigenvalue weighted by molar-refractivity contribution is -0.138. The molecule has 0 unspecified atom stereocenters. The van der Waals surface area contributed by atoms with Crippen molar-refractivity contribution in [2.75, 3.05) is 51.2 Å².